The number of hydrogen-bond donors (Lipinski definition) is 4. The van der Waals surface area contributed by atoms with E-state index < -0.39 is 16.0 Å². The summed E-state index contributed by atoms with van der Waals surface area (Å²) in [5, 5.41) is 9.37. The normalized spacial score (nSPS) is 22.8. The molecule has 1 amide bonds. The van der Waals surface area contributed by atoms with Crippen LogP contribution in [0.5, 0.6) is 0 Å². The van der Waals surface area contributed by atoms with E-state index in [0.29, 0.717) is 24.7 Å². The molecule has 0 aromatic heterocycles. The van der Waals surface area contributed by atoms with Gasteiger partial charge in [0.15, 0.2) is 0 Å². The predicted octanol–water partition coefficient (Wildman–Crippen LogP) is 1.45. The molecule has 0 spiro atoms. The first-order valence-electron chi connectivity index (χ1n) is 9.79. The fraction of sp³-hybridized carbons (Fsp3) is 0.526. The second-order valence-corrected chi connectivity index (χ2v) is 8.95. The Labute approximate surface area is 189 Å². The minimum atomic E-state index is -4.56. The molecule has 8 nitrogen and oxygen atoms in total. The first kappa shape index (κ1) is 24.7. The van der Waals surface area contributed by atoms with E-state index >= 15 is 0 Å². The number of piperidine rings is 1. The van der Waals surface area contributed by atoms with Gasteiger partial charge in [-0.3, -0.25) is 9.35 Å². The predicted molar refractivity (Wildman–Crippen MR) is 120 cm³/mol. The number of rotatable bonds is 6. The Hall–Kier alpha value is -1.52. The van der Waals surface area contributed by atoms with Crippen LogP contribution in [0.1, 0.15) is 25.7 Å². The molecule has 11 heteroatoms. The van der Waals surface area contributed by atoms with Gasteiger partial charge in [-0.1, -0.05) is 6.08 Å². The third kappa shape index (κ3) is 5.03. The second kappa shape index (κ2) is 10.2. The van der Waals surface area contributed by atoms with Gasteiger partial charge in [-0.25, -0.2) is 0 Å². The van der Waals surface area contributed by atoms with Crippen LogP contribution in [-0.2, 0) is 14.9 Å². The molecule has 4 rings (SSSR count). The number of hydrogen-bond acceptors (Lipinski definition) is 6. The highest BCUT2D eigenvalue weighted by Gasteiger charge is 2.41. The van der Waals surface area contributed by atoms with Crippen LogP contribution in [0.2, 0.25) is 0 Å². The molecule has 4 N–H and O–H groups in total. The molecule has 0 aliphatic carbocycles. The number of carbonyl (C=O) groups excluding carboxylic acids is 1. The molecule has 0 saturated carbocycles. The van der Waals surface area contributed by atoms with Crippen LogP contribution in [0.25, 0.3) is 0 Å². The van der Waals surface area contributed by atoms with E-state index in [1.807, 2.05) is 6.08 Å². The number of allylic oxidation sites excluding steroid dienone is 3. The molecule has 0 aromatic carbocycles. The topological polar surface area (TPSA) is 111 Å². The maximum Gasteiger partial charge on any atom is 0.297 e. The van der Waals surface area contributed by atoms with Gasteiger partial charge in [-0.15, -0.1) is 24.8 Å². The van der Waals surface area contributed by atoms with E-state index in [1.54, 1.807) is 23.1 Å². The van der Waals surface area contributed by atoms with Crippen LogP contribution in [0.4, 0.5) is 0 Å². The van der Waals surface area contributed by atoms with Crippen molar-refractivity contribution in [3.8, 4) is 0 Å². The molecule has 0 bridgehead atoms. The van der Waals surface area contributed by atoms with Crippen LogP contribution in [-0.4, -0.2) is 56.0 Å². The molecule has 4 aliphatic heterocycles. The van der Waals surface area contributed by atoms with Gasteiger partial charge in [0.25, 0.3) is 16.0 Å². The van der Waals surface area contributed by atoms with E-state index in [-0.39, 0.29) is 41.3 Å². The maximum absolute atomic E-state index is 12.8. The monoisotopic (exact) mass is 478 g/mol. The Kier molecular flexibility index (Phi) is 8.41. The smallest absolute Gasteiger partial charge is 0.297 e. The van der Waals surface area contributed by atoms with E-state index in [0.717, 1.165) is 44.6 Å². The fourth-order valence-electron chi connectivity index (χ4n) is 4.36. The minimum absolute atomic E-state index is 0. The first-order valence-corrected chi connectivity index (χ1v) is 11.2. The van der Waals surface area contributed by atoms with Gasteiger partial charge in [-0.05, 0) is 62.9 Å². The lowest BCUT2D eigenvalue weighted by molar-refractivity contribution is -0.117. The summed E-state index contributed by atoms with van der Waals surface area (Å²) in [6.07, 6.45) is 11.0. The van der Waals surface area contributed by atoms with Gasteiger partial charge in [0.1, 0.15) is 10.7 Å². The highest BCUT2D eigenvalue weighted by Crippen LogP contribution is 2.37. The van der Waals surface area contributed by atoms with Crippen molar-refractivity contribution in [3.63, 3.8) is 0 Å². The van der Waals surface area contributed by atoms with Gasteiger partial charge in [0.05, 0.1) is 17.3 Å². The molecule has 2 saturated heterocycles. The fourth-order valence-corrected chi connectivity index (χ4v) is 5.22. The van der Waals surface area contributed by atoms with Crippen molar-refractivity contribution in [1.29, 1.82) is 0 Å². The van der Waals surface area contributed by atoms with E-state index in [1.165, 1.54) is 0 Å². The summed E-state index contributed by atoms with van der Waals surface area (Å²) in [6, 6.07) is -0.160. The van der Waals surface area contributed by atoms with Crippen LogP contribution in [0.3, 0.4) is 0 Å². The Morgan fingerprint density at radius 1 is 1.27 bits per heavy atom. The van der Waals surface area contributed by atoms with Crippen LogP contribution < -0.4 is 16.0 Å². The molecule has 168 valence electrons. The molecule has 0 aromatic rings. The third-order valence-corrected chi connectivity index (χ3v) is 6.67. The van der Waals surface area contributed by atoms with E-state index in [2.05, 4.69) is 16.0 Å². The molecule has 4 aliphatic rings. The minimum Gasteiger partial charge on any atom is -0.369 e. The lowest BCUT2D eigenvalue weighted by Gasteiger charge is -2.33. The quantitative estimate of drug-likeness (QED) is 0.337. The summed E-state index contributed by atoms with van der Waals surface area (Å²) >= 11 is 0. The standard InChI is InChI=1S/C19H26N4O4S.2ClH/c24-19(21-8-2-3-13-6-9-20-10-7-13)15-11-14-12-22-17-5-1-4-16(23(14)17)18(15)28(25,26)27;;/h1,4-5,11,13-14,20,22H,2-3,6-10,12H2,(H,21,24)(H,25,26,27);2*1H. The molecule has 0 radical (unpaired) electrons. The van der Waals surface area contributed by atoms with Gasteiger partial charge < -0.3 is 20.9 Å². The Morgan fingerprint density at radius 2 is 2.00 bits per heavy atom. The summed E-state index contributed by atoms with van der Waals surface area (Å²) in [6.45, 7) is 3.15. The summed E-state index contributed by atoms with van der Waals surface area (Å²) in [5.41, 5.74) is 0.354. The molecule has 1 unspecified atom stereocenters. The molecular weight excluding hydrogens is 451 g/mol. The summed E-state index contributed by atoms with van der Waals surface area (Å²) in [7, 11) is -4.56. The van der Waals surface area contributed by atoms with Crippen LogP contribution >= 0.6 is 24.8 Å². The van der Waals surface area contributed by atoms with E-state index in [9.17, 15) is 17.8 Å². The highest BCUT2D eigenvalue weighted by molar-refractivity contribution is 7.90. The maximum atomic E-state index is 12.8. The van der Waals surface area contributed by atoms with Crippen molar-refractivity contribution in [2.75, 3.05) is 26.2 Å². The Balaban J connectivity index is 0.00000160. The number of carbonyl (C=O) groups is 1. The van der Waals surface area contributed by atoms with Crippen molar-refractivity contribution in [3.05, 3.63) is 46.3 Å². The molecule has 2 fully saturated rings. The van der Waals surface area contributed by atoms with Crippen molar-refractivity contribution in [1.82, 2.24) is 20.9 Å². The third-order valence-electron chi connectivity index (χ3n) is 5.72. The van der Waals surface area contributed by atoms with Crippen molar-refractivity contribution in [2.24, 2.45) is 5.92 Å². The first-order chi connectivity index (χ1) is 13.4. The second-order valence-electron chi connectivity index (χ2n) is 7.59. The SMILES string of the molecule is Cl.Cl.O=C(NCCCC1CCNCC1)C1=CC2CNC3=CC=CC(=C1S(=O)(=O)O)N32. The molecule has 4 heterocycles. The average Bonchev–Trinajstić information content (AvgIpc) is 3.09. The van der Waals surface area contributed by atoms with Gasteiger partial charge in [0, 0.05) is 13.1 Å². The highest BCUT2D eigenvalue weighted by atomic mass is 35.5. The zero-order valence-corrected chi connectivity index (χ0v) is 18.9. The molecule has 1 atom stereocenters. The van der Waals surface area contributed by atoms with Crippen molar-refractivity contribution in [2.45, 2.75) is 31.7 Å². The van der Waals surface area contributed by atoms with Gasteiger partial charge in [0.2, 0.25) is 0 Å². The lowest BCUT2D eigenvalue weighted by atomic mass is 9.93. The molecular formula is C19H28Cl2N4O4S. The van der Waals surface area contributed by atoms with Crippen molar-refractivity contribution >= 4 is 40.8 Å². The lowest BCUT2D eigenvalue weighted by Crippen LogP contribution is -2.38. The average molecular weight is 479 g/mol. The molecule has 30 heavy (non-hydrogen) atoms. The van der Waals surface area contributed by atoms with Crippen LogP contribution in [0, 0.1) is 5.92 Å². The van der Waals surface area contributed by atoms with Crippen molar-refractivity contribution < 1.29 is 17.8 Å². The zero-order chi connectivity index (χ0) is 19.7. The summed E-state index contributed by atoms with van der Waals surface area (Å²) < 4.78 is 34.0. The van der Waals surface area contributed by atoms with E-state index in [4.69, 9.17) is 0 Å². The Morgan fingerprint density at radius 3 is 2.70 bits per heavy atom. The zero-order valence-electron chi connectivity index (χ0n) is 16.5. The number of nitrogens with zero attached hydrogens (tertiary/aromatic N) is 1. The number of halogens is 2. The van der Waals surface area contributed by atoms with Gasteiger partial charge in [-0.2, -0.15) is 8.42 Å². The largest absolute Gasteiger partial charge is 0.369 e. The number of amides is 1. The Bertz CT molecular complexity index is 892. The summed E-state index contributed by atoms with van der Waals surface area (Å²) in [4.78, 5) is 14.3. The summed E-state index contributed by atoms with van der Waals surface area (Å²) in [5.74, 6) is 0.987. The van der Waals surface area contributed by atoms with Crippen LogP contribution in [0.15, 0.2) is 46.3 Å². The van der Waals surface area contributed by atoms with Gasteiger partial charge >= 0.3 is 0 Å². The number of nitrogens with one attached hydrogen (secondary N) is 3.